The molecule has 1 saturated heterocycles. The van der Waals surface area contributed by atoms with Crippen LogP contribution < -0.4 is 0 Å². The Morgan fingerprint density at radius 3 is 1.38 bits per heavy atom. The van der Waals surface area contributed by atoms with Crippen LogP contribution in [0.15, 0.2) is 121 Å². The zero-order valence-corrected chi connectivity index (χ0v) is 24.9. The first-order chi connectivity index (χ1) is 20.8. The molecule has 5 rings (SSSR count). The van der Waals surface area contributed by atoms with Crippen LogP contribution in [-0.4, -0.2) is 42.2 Å². The first-order valence-corrected chi connectivity index (χ1v) is 15.7. The van der Waals surface area contributed by atoms with Gasteiger partial charge in [0.1, 0.15) is 29.9 Å². The molecule has 220 valence electrons. The lowest BCUT2D eigenvalue weighted by Gasteiger charge is -2.46. The van der Waals surface area contributed by atoms with E-state index in [1.807, 2.05) is 72.8 Å². The minimum Gasteiger partial charge on any atom is -0.374 e. The number of rotatable bonds is 15. The SMILES string of the molecule is CCS[C@@H]1O[C@H](COCc2ccccc2)[C@H](OCc2ccccc2)[C@H](OCc2ccccc2)[C@H]1OCc1ccccc1. The van der Waals surface area contributed by atoms with Gasteiger partial charge in [0.05, 0.1) is 33.0 Å². The molecule has 1 aliphatic heterocycles. The van der Waals surface area contributed by atoms with Crippen LogP contribution in [0.2, 0.25) is 0 Å². The highest BCUT2D eigenvalue weighted by Crippen LogP contribution is 2.35. The highest BCUT2D eigenvalue weighted by atomic mass is 32.2. The predicted molar refractivity (Wildman–Crippen MR) is 168 cm³/mol. The van der Waals surface area contributed by atoms with E-state index in [0.29, 0.717) is 33.0 Å². The van der Waals surface area contributed by atoms with E-state index in [0.717, 1.165) is 28.0 Å². The summed E-state index contributed by atoms with van der Waals surface area (Å²) in [6.07, 6.45) is -1.45. The summed E-state index contributed by atoms with van der Waals surface area (Å²) >= 11 is 1.73. The van der Waals surface area contributed by atoms with Crippen LogP contribution in [-0.2, 0) is 50.1 Å². The second-order valence-electron chi connectivity index (χ2n) is 10.3. The molecule has 1 heterocycles. The third-order valence-corrected chi connectivity index (χ3v) is 8.21. The zero-order valence-electron chi connectivity index (χ0n) is 24.1. The Morgan fingerprint density at radius 2 is 0.929 bits per heavy atom. The molecular weight excluding hydrogens is 544 g/mol. The van der Waals surface area contributed by atoms with Gasteiger partial charge in [-0.05, 0) is 28.0 Å². The topological polar surface area (TPSA) is 46.2 Å². The Kier molecular flexibility index (Phi) is 12.1. The van der Waals surface area contributed by atoms with Gasteiger partial charge in [0.2, 0.25) is 0 Å². The highest BCUT2D eigenvalue weighted by Gasteiger charge is 2.48. The van der Waals surface area contributed by atoms with Crippen molar-refractivity contribution in [3.05, 3.63) is 144 Å². The minimum atomic E-state index is -0.404. The first kappa shape index (κ1) is 30.5. The van der Waals surface area contributed by atoms with Gasteiger partial charge in [-0.25, -0.2) is 0 Å². The molecule has 0 aromatic heterocycles. The maximum atomic E-state index is 6.76. The minimum absolute atomic E-state index is 0.235. The summed E-state index contributed by atoms with van der Waals surface area (Å²) in [4.78, 5) is 0. The summed E-state index contributed by atoms with van der Waals surface area (Å²) < 4.78 is 33.1. The largest absolute Gasteiger partial charge is 0.374 e. The van der Waals surface area contributed by atoms with Gasteiger partial charge in [0.25, 0.3) is 0 Å². The standard InChI is InChI=1S/C36H40O5S/c1-2-42-36-35(40-26-31-21-13-6-14-22-31)34(39-25-30-19-11-5-12-20-30)33(38-24-29-17-9-4-10-18-29)32(41-36)27-37-23-28-15-7-3-8-16-28/h3-22,32-36H,2,23-27H2,1H3/t32-,33+,34+,35-,36+/m1/s1. The molecule has 0 radical (unpaired) electrons. The van der Waals surface area contributed by atoms with Crippen LogP contribution in [0.25, 0.3) is 0 Å². The molecule has 0 N–H and O–H groups in total. The van der Waals surface area contributed by atoms with Gasteiger partial charge in [-0.3, -0.25) is 0 Å². The average molecular weight is 585 g/mol. The Morgan fingerprint density at radius 1 is 0.524 bits per heavy atom. The molecule has 5 atom stereocenters. The molecule has 0 saturated carbocycles. The number of thioether (sulfide) groups is 1. The fraction of sp³-hybridized carbons (Fsp3) is 0.333. The lowest BCUT2D eigenvalue weighted by Crippen LogP contribution is -2.60. The molecule has 0 unspecified atom stereocenters. The maximum absolute atomic E-state index is 6.76. The van der Waals surface area contributed by atoms with Gasteiger partial charge in [-0.1, -0.05) is 128 Å². The lowest BCUT2D eigenvalue weighted by atomic mass is 9.98. The molecule has 6 heteroatoms. The Bertz CT molecular complexity index is 1280. The van der Waals surface area contributed by atoms with Crippen LogP contribution in [0.4, 0.5) is 0 Å². The lowest BCUT2D eigenvalue weighted by molar-refractivity contribution is -0.254. The molecule has 42 heavy (non-hydrogen) atoms. The Balaban J connectivity index is 1.40. The second-order valence-corrected chi connectivity index (χ2v) is 11.7. The molecule has 0 spiro atoms. The summed E-state index contributed by atoms with van der Waals surface area (Å²) in [7, 11) is 0. The quantitative estimate of drug-likeness (QED) is 0.145. The van der Waals surface area contributed by atoms with Crippen molar-refractivity contribution in [1.29, 1.82) is 0 Å². The number of benzene rings is 4. The van der Waals surface area contributed by atoms with Gasteiger partial charge in [0, 0.05) is 0 Å². The van der Waals surface area contributed by atoms with Crippen molar-refractivity contribution in [2.45, 2.75) is 63.2 Å². The van der Waals surface area contributed by atoms with E-state index in [-0.39, 0.29) is 23.7 Å². The van der Waals surface area contributed by atoms with Crippen molar-refractivity contribution in [2.24, 2.45) is 0 Å². The Labute approximate surface area is 254 Å². The third-order valence-electron chi connectivity index (χ3n) is 7.17. The summed E-state index contributed by atoms with van der Waals surface area (Å²) in [5.41, 5.74) is 4.19. The van der Waals surface area contributed by atoms with E-state index >= 15 is 0 Å². The summed E-state index contributed by atoms with van der Waals surface area (Å²) in [5.74, 6) is 0.883. The van der Waals surface area contributed by atoms with Crippen LogP contribution >= 0.6 is 11.8 Å². The van der Waals surface area contributed by atoms with Crippen LogP contribution in [0.1, 0.15) is 29.2 Å². The van der Waals surface area contributed by atoms with Crippen LogP contribution in [0.3, 0.4) is 0 Å². The van der Waals surface area contributed by atoms with E-state index in [1.54, 1.807) is 11.8 Å². The normalized spacial score (nSPS) is 22.2. The molecule has 0 aliphatic carbocycles. The monoisotopic (exact) mass is 584 g/mol. The van der Waals surface area contributed by atoms with E-state index in [4.69, 9.17) is 23.7 Å². The molecule has 1 fully saturated rings. The molecule has 4 aromatic rings. The molecule has 1 aliphatic rings. The van der Waals surface area contributed by atoms with E-state index in [1.165, 1.54) is 0 Å². The number of hydrogen-bond acceptors (Lipinski definition) is 6. The predicted octanol–water partition coefficient (Wildman–Crippen LogP) is 7.44. The fourth-order valence-electron chi connectivity index (χ4n) is 5.05. The smallest absolute Gasteiger partial charge is 0.132 e. The van der Waals surface area contributed by atoms with Gasteiger partial charge >= 0.3 is 0 Å². The van der Waals surface area contributed by atoms with E-state index in [9.17, 15) is 0 Å². The van der Waals surface area contributed by atoms with Crippen molar-refractivity contribution in [2.75, 3.05) is 12.4 Å². The van der Waals surface area contributed by atoms with Crippen molar-refractivity contribution >= 4 is 11.8 Å². The highest BCUT2D eigenvalue weighted by molar-refractivity contribution is 7.99. The van der Waals surface area contributed by atoms with Crippen LogP contribution in [0.5, 0.6) is 0 Å². The fourth-order valence-corrected chi connectivity index (χ4v) is 6.02. The molecule has 4 aromatic carbocycles. The summed E-state index contributed by atoms with van der Waals surface area (Å²) in [6, 6.07) is 40.9. The third kappa shape index (κ3) is 9.01. The van der Waals surface area contributed by atoms with Crippen molar-refractivity contribution < 1.29 is 23.7 Å². The van der Waals surface area contributed by atoms with E-state index in [2.05, 4.69) is 55.5 Å². The molecular formula is C36H40O5S. The number of hydrogen-bond donors (Lipinski definition) is 0. The van der Waals surface area contributed by atoms with Crippen molar-refractivity contribution in [3.63, 3.8) is 0 Å². The average Bonchev–Trinajstić information content (AvgIpc) is 3.05. The van der Waals surface area contributed by atoms with Crippen molar-refractivity contribution in [1.82, 2.24) is 0 Å². The zero-order chi connectivity index (χ0) is 28.8. The van der Waals surface area contributed by atoms with Gasteiger partial charge in [-0.2, -0.15) is 0 Å². The maximum Gasteiger partial charge on any atom is 0.132 e. The molecule has 5 nitrogen and oxygen atoms in total. The van der Waals surface area contributed by atoms with Gasteiger partial charge in [-0.15, -0.1) is 11.8 Å². The van der Waals surface area contributed by atoms with E-state index < -0.39 is 6.10 Å². The van der Waals surface area contributed by atoms with Crippen molar-refractivity contribution in [3.8, 4) is 0 Å². The summed E-state index contributed by atoms with van der Waals surface area (Å²) in [6.45, 7) is 4.37. The summed E-state index contributed by atoms with van der Waals surface area (Å²) in [5, 5.41) is 0. The van der Waals surface area contributed by atoms with Crippen LogP contribution in [0, 0.1) is 0 Å². The second kappa shape index (κ2) is 16.6. The molecule has 0 amide bonds. The molecule has 0 bridgehead atoms. The first-order valence-electron chi connectivity index (χ1n) is 14.7. The Hall–Kier alpha value is -2.97. The van der Waals surface area contributed by atoms with Gasteiger partial charge in [0.15, 0.2) is 0 Å². The van der Waals surface area contributed by atoms with Gasteiger partial charge < -0.3 is 23.7 Å². The number of ether oxygens (including phenoxy) is 5.